The maximum absolute atomic E-state index is 12.4. The Labute approximate surface area is 117 Å². The molecule has 0 aromatic heterocycles. The third kappa shape index (κ3) is 2.32. The number of rotatable bonds is 2. The molecule has 0 spiro atoms. The van der Waals surface area contributed by atoms with E-state index in [4.69, 9.17) is 0 Å². The van der Waals surface area contributed by atoms with Gasteiger partial charge in [-0.2, -0.15) is 0 Å². The van der Waals surface area contributed by atoms with Crippen LogP contribution >= 0.6 is 0 Å². The van der Waals surface area contributed by atoms with E-state index in [2.05, 4.69) is 10.6 Å². The number of ketones is 1. The summed E-state index contributed by atoms with van der Waals surface area (Å²) in [4.78, 5) is 12.4. The highest BCUT2D eigenvalue weighted by Gasteiger charge is 2.15. The number of aromatic hydroxyl groups is 1. The minimum Gasteiger partial charge on any atom is -0.507 e. The molecular formula is C16H16N2O2. The molecule has 1 saturated heterocycles. The molecule has 2 aromatic carbocycles. The van der Waals surface area contributed by atoms with Gasteiger partial charge in [-0.3, -0.25) is 4.79 Å². The van der Waals surface area contributed by atoms with E-state index in [0.717, 1.165) is 30.3 Å². The summed E-state index contributed by atoms with van der Waals surface area (Å²) in [5.41, 5.74) is 0.352. The Kier molecular flexibility index (Phi) is 3.29. The van der Waals surface area contributed by atoms with E-state index in [1.54, 1.807) is 6.07 Å². The molecule has 0 amide bonds. The maximum atomic E-state index is 12.4. The average molecular weight is 268 g/mol. The summed E-state index contributed by atoms with van der Waals surface area (Å²) in [7, 11) is 0. The van der Waals surface area contributed by atoms with Crippen LogP contribution in [0.1, 0.15) is 16.8 Å². The number of hydrogen-bond acceptors (Lipinski definition) is 4. The molecule has 0 saturated carbocycles. The van der Waals surface area contributed by atoms with E-state index in [9.17, 15) is 9.90 Å². The molecule has 1 aliphatic rings. The fourth-order valence-corrected chi connectivity index (χ4v) is 2.42. The highest BCUT2D eigenvalue weighted by molar-refractivity contribution is 6.15. The summed E-state index contributed by atoms with van der Waals surface area (Å²) in [6.45, 7) is 1.71. The summed E-state index contributed by atoms with van der Waals surface area (Å²) < 4.78 is 0. The number of allylic oxidation sites excluding steroid dienone is 1. The molecule has 20 heavy (non-hydrogen) atoms. The highest BCUT2D eigenvalue weighted by Crippen LogP contribution is 2.27. The van der Waals surface area contributed by atoms with Crippen molar-refractivity contribution in [3.8, 4) is 5.75 Å². The van der Waals surface area contributed by atoms with Crippen LogP contribution in [0.3, 0.4) is 0 Å². The number of carbonyl (C=O) groups is 1. The van der Waals surface area contributed by atoms with E-state index in [-0.39, 0.29) is 11.5 Å². The number of benzene rings is 2. The van der Waals surface area contributed by atoms with Crippen LogP contribution in [-0.2, 0) is 0 Å². The molecule has 0 atom stereocenters. The summed E-state index contributed by atoms with van der Waals surface area (Å²) in [6.07, 6.45) is 2.55. The largest absolute Gasteiger partial charge is 0.507 e. The van der Waals surface area contributed by atoms with E-state index in [0.29, 0.717) is 11.4 Å². The minimum absolute atomic E-state index is 0.0151. The average Bonchev–Trinajstić information content (AvgIpc) is 2.48. The molecule has 4 nitrogen and oxygen atoms in total. The number of fused-ring (bicyclic) bond motifs is 1. The van der Waals surface area contributed by atoms with E-state index >= 15 is 0 Å². The molecule has 3 rings (SSSR count). The van der Waals surface area contributed by atoms with Gasteiger partial charge in [0.2, 0.25) is 0 Å². The third-order valence-electron chi connectivity index (χ3n) is 3.41. The van der Waals surface area contributed by atoms with Gasteiger partial charge in [0.05, 0.1) is 5.56 Å². The lowest BCUT2D eigenvalue weighted by atomic mass is 10.00. The zero-order valence-corrected chi connectivity index (χ0v) is 11.0. The second-order valence-electron chi connectivity index (χ2n) is 4.81. The first-order chi connectivity index (χ1) is 9.75. The quantitative estimate of drug-likeness (QED) is 0.577. The molecule has 1 heterocycles. The first-order valence-electron chi connectivity index (χ1n) is 6.70. The van der Waals surface area contributed by atoms with Crippen molar-refractivity contribution in [2.75, 3.05) is 13.1 Å². The second kappa shape index (κ2) is 5.25. The molecule has 0 aliphatic carbocycles. The van der Waals surface area contributed by atoms with Gasteiger partial charge in [-0.05, 0) is 23.3 Å². The van der Waals surface area contributed by atoms with E-state index in [1.165, 1.54) is 6.08 Å². The van der Waals surface area contributed by atoms with Crippen LogP contribution < -0.4 is 10.6 Å². The van der Waals surface area contributed by atoms with Crippen molar-refractivity contribution in [2.24, 2.45) is 0 Å². The molecule has 0 unspecified atom stereocenters. The van der Waals surface area contributed by atoms with Gasteiger partial charge in [0, 0.05) is 19.2 Å². The van der Waals surface area contributed by atoms with Crippen molar-refractivity contribution in [2.45, 2.75) is 6.42 Å². The van der Waals surface area contributed by atoms with Crippen molar-refractivity contribution in [1.82, 2.24) is 10.6 Å². The fraction of sp³-hybridized carbons (Fsp3) is 0.188. The molecule has 0 radical (unpaired) electrons. The first-order valence-corrected chi connectivity index (χ1v) is 6.70. The standard InChI is InChI=1S/C16H16N2O2/c19-13-7-6-11-4-1-2-5-12(11)16(13)14(20)10-15-17-8-3-9-18-15/h1-2,4-7,10,17-19H,3,8-9H2. The van der Waals surface area contributed by atoms with E-state index in [1.807, 2.05) is 30.3 Å². The van der Waals surface area contributed by atoms with Crippen molar-refractivity contribution in [3.05, 3.63) is 53.9 Å². The van der Waals surface area contributed by atoms with Gasteiger partial charge in [-0.1, -0.05) is 30.3 Å². The van der Waals surface area contributed by atoms with Crippen LogP contribution in [0.5, 0.6) is 5.75 Å². The van der Waals surface area contributed by atoms with Gasteiger partial charge >= 0.3 is 0 Å². The zero-order chi connectivity index (χ0) is 13.9. The zero-order valence-electron chi connectivity index (χ0n) is 11.0. The normalized spacial score (nSPS) is 14.5. The molecule has 0 bridgehead atoms. The highest BCUT2D eigenvalue weighted by atomic mass is 16.3. The first kappa shape index (κ1) is 12.5. The van der Waals surface area contributed by atoms with Crippen molar-refractivity contribution < 1.29 is 9.90 Å². The van der Waals surface area contributed by atoms with Gasteiger partial charge in [0.25, 0.3) is 0 Å². The minimum atomic E-state index is -0.198. The molecule has 1 fully saturated rings. The molecular weight excluding hydrogens is 252 g/mol. The lowest BCUT2D eigenvalue weighted by Crippen LogP contribution is -2.35. The Balaban J connectivity index is 2.04. The molecule has 102 valence electrons. The van der Waals surface area contributed by atoms with Gasteiger partial charge in [-0.25, -0.2) is 0 Å². The molecule has 3 N–H and O–H groups in total. The fourth-order valence-electron chi connectivity index (χ4n) is 2.42. The topological polar surface area (TPSA) is 61.4 Å². The summed E-state index contributed by atoms with van der Waals surface area (Å²) in [5.74, 6) is 0.533. The predicted molar refractivity (Wildman–Crippen MR) is 78.6 cm³/mol. The Morgan fingerprint density at radius 3 is 2.65 bits per heavy atom. The van der Waals surface area contributed by atoms with Crippen LogP contribution in [0, 0.1) is 0 Å². The van der Waals surface area contributed by atoms with Crippen LogP contribution in [0.25, 0.3) is 10.8 Å². The number of phenolic OH excluding ortho intramolecular Hbond substituents is 1. The predicted octanol–water partition coefficient (Wildman–Crippen LogP) is 2.15. The number of nitrogens with one attached hydrogen (secondary N) is 2. The summed E-state index contributed by atoms with van der Waals surface area (Å²) in [6, 6.07) is 10.9. The summed E-state index contributed by atoms with van der Waals surface area (Å²) in [5, 5.41) is 18.0. The van der Waals surface area contributed by atoms with Gasteiger partial charge in [-0.15, -0.1) is 0 Å². The number of hydrogen-bond donors (Lipinski definition) is 3. The van der Waals surface area contributed by atoms with Gasteiger partial charge in [0.15, 0.2) is 5.78 Å². The van der Waals surface area contributed by atoms with Gasteiger partial charge in [0.1, 0.15) is 11.6 Å². The third-order valence-corrected chi connectivity index (χ3v) is 3.41. The van der Waals surface area contributed by atoms with Crippen LogP contribution in [-0.4, -0.2) is 24.0 Å². The Hall–Kier alpha value is -2.49. The van der Waals surface area contributed by atoms with Crippen molar-refractivity contribution >= 4 is 16.6 Å². The smallest absolute Gasteiger partial charge is 0.193 e. The van der Waals surface area contributed by atoms with Gasteiger partial charge < -0.3 is 15.7 Å². The Morgan fingerprint density at radius 2 is 1.85 bits per heavy atom. The Bertz CT molecular complexity index is 684. The van der Waals surface area contributed by atoms with Crippen LogP contribution in [0.4, 0.5) is 0 Å². The lowest BCUT2D eigenvalue weighted by molar-refractivity contribution is 0.104. The monoisotopic (exact) mass is 268 g/mol. The summed E-state index contributed by atoms with van der Waals surface area (Å²) >= 11 is 0. The molecule has 1 aliphatic heterocycles. The van der Waals surface area contributed by atoms with Crippen LogP contribution in [0.2, 0.25) is 0 Å². The second-order valence-corrected chi connectivity index (χ2v) is 4.81. The number of carbonyl (C=O) groups excluding carboxylic acids is 1. The SMILES string of the molecule is O=C(C=C1NCCCN1)c1c(O)ccc2ccccc12. The van der Waals surface area contributed by atoms with Crippen molar-refractivity contribution in [1.29, 1.82) is 0 Å². The van der Waals surface area contributed by atoms with E-state index < -0.39 is 0 Å². The van der Waals surface area contributed by atoms with Crippen LogP contribution in [0.15, 0.2) is 48.3 Å². The number of phenols is 1. The lowest BCUT2D eigenvalue weighted by Gasteiger charge is -2.18. The maximum Gasteiger partial charge on any atom is 0.193 e. The molecule has 2 aromatic rings. The molecule has 4 heteroatoms. The Morgan fingerprint density at radius 1 is 1.10 bits per heavy atom. The van der Waals surface area contributed by atoms with Crippen molar-refractivity contribution in [3.63, 3.8) is 0 Å².